The van der Waals surface area contributed by atoms with Gasteiger partial charge in [-0.1, -0.05) is 12.1 Å². The van der Waals surface area contributed by atoms with Crippen molar-refractivity contribution in [1.82, 2.24) is 24.3 Å². The van der Waals surface area contributed by atoms with Crippen LogP contribution in [-0.2, 0) is 14.8 Å². The summed E-state index contributed by atoms with van der Waals surface area (Å²) in [7, 11) is -3.70. The molecule has 0 unspecified atom stereocenters. The van der Waals surface area contributed by atoms with E-state index >= 15 is 0 Å². The summed E-state index contributed by atoms with van der Waals surface area (Å²) in [5, 5.41) is 6.70. The van der Waals surface area contributed by atoms with E-state index in [-0.39, 0.29) is 42.1 Å². The van der Waals surface area contributed by atoms with E-state index in [0.29, 0.717) is 55.0 Å². The fourth-order valence-corrected chi connectivity index (χ4v) is 6.22. The molecule has 0 bridgehead atoms. The lowest BCUT2D eigenvalue weighted by molar-refractivity contribution is -0.131. The number of aromatic amines is 1. The van der Waals surface area contributed by atoms with Crippen molar-refractivity contribution in [1.29, 1.82) is 0 Å². The van der Waals surface area contributed by atoms with E-state index in [1.54, 1.807) is 43.0 Å². The molecule has 1 aromatic heterocycles. The molecule has 0 aliphatic carbocycles. The third kappa shape index (κ3) is 4.30. The lowest BCUT2D eigenvalue weighted by atomic mass is 10.1. The number of aromatic nitrogens is 2. The number of nitrogens with one attached hydrogen (secondary N) is 1. The van der Waals surface area contributed by atoms with Gasteiger partial charge in [-0.2, -0.15) is 9.40 Å². The van der Waals surface area contributed by atoms with E-state index in [4.69, 9.17) is 0 Å². The first-order chi connectivity index (χ1) is 15.7. The van der Waals surface area contributed by atoms with Gasteiger partial charge in [-0.3, -0.25) is 24.4 Å². The summed E-state index contributed by atoms with van der Waals surface area (Å²) < 4.78 is 27.6. The second-order valence-electron chi connectivity index (χ2n) is 8.31. The van der Waals surface area contributed by atoms with Gasteiger partial charge in [-0.05, 0) is 38.8 Å². The molecule has 1 N–H and O–H groups in total. The number of aryl methyl sites for hydroxylation is 2. The molecule has 0 saturated carbocycles. The Labute approximate surface area is 192 Å². The molecule has 2 aromatic rings. The summed E-state index contributed by atoms with van der Waals surface area (Å²) in [6.45, 7) is 4.78. The second kappa shape index (κ2) is 9.06. The zero-order valence-corrected chi connectivity index (χ0v) is 19.5. The maximum Gasteiger partial charge on any atom is 0.261 e. The van der Waals surface area contributed by atoms with Crippen molar-refractivity contribution in [2.75, 3.05) is 32.7 Å². The fourth-order valence-electron chi connectivity index (χ4n) is 4.42. The molecule has 2 aliphatic heterocycles. The third-order valence-electron chi connectivity index (χ3n) is 6.12. The minimum absolute atomic E-state index is 0.110. The molecule has 3 amide bonds. The summed E-state index contributed by atoms with van der Waals surface area (Å²) >= 11 is 0. The number of sulfonamides is 1. The minimum Gasteiger partial charge on any atom is -0.341 e. The molecule has 3 heterocycles. The number of fused-ring (bicyclic) bond motifs is 1. The summed E-state index contributed by atoms with van der Waals surface area (Å²) in [4.78, 5) is 40.7. The van der Waals surface area contributed by atoms with Gasteiger partial charge in [0.05, 0.1) is 22.5 Å². The van der Waals surface area contributed by atoms with E-state index in [0.717, 1.165) is 0 Å². The summed E-state index contributed by atoms with van der Waals surface area (Å²) in [6.07, 6.45) is 1.07. The van der Waals surface area contributed by atoms with Crippen molar-refractivity contribution in [3.05, 3.63) is 46.8 Å². The van der Waals surface area contributed by atoms with Crippen LogP contribution in [0.3, 0.4) is 0 Å². The Hall–Kier alpha value is -3.05. The molecule has 1 saturated heterocycles. The molecule has 1 aromatic carbocycles. The summed E-state index contributed by atoms with van der Waals surface area (Å²) in [5.74, 6) is -0.770. The van der Waals surface area contributed by atoms with E-state index in [9.17, 15) is 22.8 Å². The molecule has 2 aliphatic rings. The molecular formula is C22H27N5O5S. The Balaban J connectivity index is 1.32. The van der Waals surface area contributed by atoms with Crippen molar-refractivity contribution < 1.29 is 22.8 Å². The Bertz CT molecular complexity index is 1150. The van der Waals surface area contributed by atoms with Crippen LogP contribution >= 0.6 is 0 Å². The van der Waals surface area contributed by atoms with Crippen molar-refractivity contribution >= 4 is 27.7 Å². The first-order valence-electron chi connectivity index (χ1n) is 11.0. The Morgan fingerprint density at radius 1 is 1.03 bits per heavy atom. The Kier molecular flexibility index (Phi) is 6.35. The maximum atomic E-state index is 13.1. The number of nitrogens with zero attached hydrogens (tertiary/aromatic N) is 4. The van der Waals surface area contributed by atoms with E-state index in [1.165, 1.54) is 9.21 Å². The number of rotatable bonds is 6. The molecule has 176 valence electrons. The summed E-state index contributed by atoms with van der Waals surface area (Å²) in [6, 6.07) is 6.69. The van der Waals surface area contributed by atoms with Gasteiger partial charge >= 0.3 is 0 Å². The van der Waals surface area contributed by atoms with Crippen LogP contribution in [0.4, 0.5) is 0 Å². The molecule has 4 rings (SSSR count). The van der Waals surface area contributed by atoms with Crippen molar-refractivity contribution in [3.63, 3.8) is 0 Å². The molecule has 11 heteroatoms. The van der Waals surface area contributed by atoms with Crippen LogP contribution in [0.15, 0.2) is 29.2 Å². The normalized spacial score (nSPS) is 17.4. The Morgan fingerprint density at radius 3 is 2.30 bits per heavy atom. The predicted octanol–water partition coefficient (Wildman–Crippen LogP) is 1.33. The van der Waals surface area contributed by atoms with Crippen LogP contribution < -0.4 is 0 Å². The first kappa shape index (κ1) is 23.1. The maximum absolute atomic E-state index is 13.1. The van der Waals surface area contributed by atoms with Gasteiger partial charge in [-0.25, -0.2) is 8.42 Å². The number of hydrogen-bond donors (Lipinski definition) is 1. The average molecular weight is 474 g/mol. The number of benzene rings is 1. The molecule has 33 heavy (non-hydrogen) atoms. The number of H-pyrrole nitrogens is 1. The van der Waals surface area contributed by atoms with Crippen LogP contribution in [0, 0.1) is 13.8 Å². The zero-order valence-electron chi connectivity index (χ0n) is 18.7. The third-order valence-corrected chi connectivity index (χ3v) is 8.28. The number of imide groups is 1. The average Bonchev–Trinajstić information content (AvgIpc) is 3.12. The monoisotopic (exact) mass is 473 g/mol. The van der Waals surface area contributed by atoms with Crippen LogP contribution in [0.1, 0.15) is 51.4 Å². The molecular weight excluding hydrogens is 446 g/mol. The number of hydrogen-bond acceptors (Lipinski definition) is 6. The van der Waals surface area contributed by atoms with Gasteiger partial charge in [0.2, 0.25) is 15.9 Å². The topological polar surface area (TPSA) is 124 Å². The van der Waals surface area contributed by atoms with Crippen LogP contribution in [0.25, 0.3) is 0 Å². The summed E-state index contributed by atoms with van der Waals surface area (Å²) in [5.41, 5.74) is 1.71. The van der Waals surface area contributed by atoms with Gasteiger partial charge in [-0.15, -0.1) is 0 Å². The van der Waals surface area contributed by atoms with E-state index in [1.807, 2.05) is 0 Å². The Morgan fingerprint density at radius 2 is 1.70 bits per heavy atom. The lowest BCUT2D eigenvalue weighted by Gasteiger charge is -2.22. The highest BCUT2D eigenvalue weighted by Crippen LogP contribution is 2.24. The molecule has 0 spiro atoms. The van der Waals surface area contributed by atoms with Gasteiger partial charge in [0.15, 0.2) is 0 Å². The van der Waals surface area contributed by atoms with E-state index < -0.39 is 10.0 Å². The highest BCUT2D eigenvalue weighted by atomic mass is 32.2. The lowest BCUT2D eigenvalue weighted by Crippen LogP contribution is -2.38. The smallest absolute Gasteiger partial charge is 0.261 e. The highest BCUT2D eigenvalue weighted by Gasteiger charge is 2.35. The van der Waals surface area contributed by atoms with Crippen LogP contribution in [0.5, 0.6) is 0 Å². The van der Waals surface area contributed by atoms with Crippen LogP contribution in [-0.4, -0.2) is 83.2 Å². The molecule has 0 atom stereocenters. The van der Waals surface area contributed by atoms with Crippen LogP contribution in [0.2, 0.25) is 0 Å². The SMILES string of the molecule is Cc1n[nH]c(C)c1S(=O)(=O)N1CCCN(C(=O)CCCN2C(=O)c3ccccc3C2=O)CC1. The zero-order chi connectivity index (χ0) is 23.8. The number of amides is 3. The molecule has 0 radical (unpaired) electrons. The van der Waals surface area contributed by atoms with Crippen molar-refractivity contribution in [2.24, 2.45) is 0 Å². The molecule has 1 fully saturated rings. The van der Waals surface area contributed by atoms with Crippen molar-refractivity contribution in [3.8, 4) is 0 Å². The van der Waals surface area contributed by atoms with E-state index in [2.05, 4.69) is 10.2 Å². The quantitative estimate of drug-likeness (QED) is 0.631. The predicted molar refractivity (Wildman–Crippen MR) is 119 cm³/mol. The largest absolute Gasteiger partial charge is 0.341 e. The minimum atomic E-state index is -3.70. The fraction of sp³-hybridized carbons (Fsp3) is 0.455. The van der Waals surface area contributed by atoms with Gasteiger partial charge < -0.3 is 4.90 Å². The van der Waals surface area contributed by atoms with Gasteiger partial charge in [0.1, 0.15) is 4.90 Å². The van der Waals surface area contributed by atoms with Gasteiger partial charge in [0, 0.05) is 39.1 Å². The second-order valence-corrected chi connectivity index (χ2v) is 10.2. The molecule has 10 nitrogen and oxygen atoms in total. The highest BCUT2D eigenvalue weighted by molar-refractivity contribution is 7.89. The van der Waals surface area contributed by atoms with Gasteiger partial charge in [0.25, 0.3) is 11.8 Å². The first-order valence-corrected chi connectivity index (χ1v) is 12.4. The number of carbonyl (C=O) groups is 3. The standard InChI is InChI=1S/C22H27N5O5S/c1-15-20(16(2)24-23-15)33(31,32)26-11-6-10-25(13-14-26)19(28)9-5-12-27-21(29)17-7-3-4-8-18(17)22(27)30/h3-4,7-8H,5-6,9-14H2,1-2H3,(H,23,24). The number of carbonyl (C=O) groups excluding carboxylic acids is 3. The van der Waals surface area contributed by atoms with Crippen molar-refractivity contribution in [2.45, 2.75) is 38.0 Å².